The van der Waals surface area contributed by atoms with Crippen LogP contribution < -0.4 is 0 Å². The Morgan fingerprint density at radius 2 is 1.50 bits per heavy atom. The number of aryl methyl sites for hydroxylation is 1. The fourth-order valence-electron chi connectivity index (χ4n) is 1.97. The van der Waals surface area contributed by atoms with Crippen LogP contribution in [0.4, 0.5) is 0 Å². The highest BCUT2D eigenvalue weighted by molar-refractivity contribution is 5.11. The summed E-state index contributed by atoms with van der Waals surface area (Å²) in [7, 11) is 0. The minimum atomic E-state index is 1.11. The van der Waals surface area contributed by atoms with Crippen LogP contribution >= 0.6 is 0 Å². The Hall–Kier alpha value is -1.24. The van der Waals surface area contributed by atoms with Crippen LogP contribution in [-0.4, -0.2) is 18.0 Å². The number of benzene rings is 1. The molecule has 0 amide bonds. The van der Waals surface area contributed by atoms with E-state index in [4.69, 9.17) is 0 Å². The molecule has 20 heavy (non-hydrogen) atoms. The van der Waals surface area contributed by atoms with Gasteiger partial charge in [0.25, 0.3) is 0 Å². The highest BCUT2D eigenvalue weighted by Gasteiger charge is 2.09. The van der Waals surface area contributed by atoms with Crippen molar-refractivity contribution in [3.05, 3.63) is 48.2 Å². The minimum absolute atomic E-state index is 1.11. The molecule has 0 N–H and O–H groups in total. The highest BCUT2D eigenvalue weighted by atomic mass is 15.1. The van der Waals surface area contributed by atoms with E-state index in [9.17, 15) is 0 Å². The molecule has 2 rings (SSSR count). The monoisotopic (exact) mass is 275 g/mol. The average Bonchev–Trinajstić information content (AvgIpc) is 2.49. The Morgan fingerprint density at radius 1 is 1.00 bits per heavy atom. The number of piperidine rings is 1. The van der Waals surface area contributed by atoms with Crippen molar-refractivity contribution in [3.8, 4) is 0 Å². The quantitative estimate of drug-likeness (QED) is 0.658. The summed E-state index contributed by atoms with van der Waals surface area (Å²) in [5.74, 6) is 0. The van der Waals surface area contributed by atoms with E-state index < -0.39 is 0 Å². The van der Waals surface area contributed by atoms with Crippen LogP contribution in [0.1, 0.15) is 58.4 Å². The van der Waals surface area contributed by atoms with Crippen LogP contribution in [0.3, 0.4) is 0 Å². The molecule has 1 aliphatic rings. The van der Waals surface area contributed by atoms with Gasteiger partial charge < -0.3 is 4.90 Å². The van der Waals surface area contributed by atoms with Crippen LogP contribution in [0, 0.1) is 6.92 Å². The zero-order valence-electron chi connectivity index (χ0n) is 14.0. The maximum absolute atomic E-state index is 4.02. The number of rotatable bonds is 2. The molecule has 1 saturated heterocycles. The van der Waals surface area contributed by atoms with E-state index >= 15 is 0 Å². The van der Waals surface area contributed by atoms with E-state index in [0.717, 1.165) is 6.42 Å². The lowest BCUT2D eigenvalue weighted by Crippen LogP contribution is -2.28. The van der Waals surface area contributed by atoms with Gasteiger partial charge in [0.05, 0.1) is 0 Å². The molecule has 1 heteroatoms. The van der Waals surface area contributed by atoms with Crippen molar-refractivity contribution in [2.45, 2.75) is 59.8 Å². The molecule has 1 aromatic rings. The van der Waals surface area contributed by atoms with Gasteiger partial charge in [-0.3, -0.25) is 0 Å². The van der Waals surface area contributed by atoms with Gasteiger partial charge in [0.15, 0.2) is 0 Å². The Kier molecular flexibility index (Phi) is 12.0. The van der Waals surface area contributed by atoms with Crippen LogP contribution in [0.25, 0.3) is 0 Å². The first kappa shape index (κ1) is 18.8. The van der Waals surface area contributed by atoms with Gasteiger partial charge >= 0.3 is 0 Å². The van der Waals surface area contributed by atoms with E-state index in [1.54, 1.807) is 0 Å². The first-order chi connectivity index (χ1) is 9.65. The Morgan fingerprint density at radius 3 is 1.85 bits per heavy atom. The summed E-state index contributed by atoms with van der Waals surface area (Å²) in [4.78, 5) is 2.42. The zero-order chi connectivity index (χ0) is 15.2. The van der Waals surface area contributed by atoms with Crippen molar-refractivity contribution in [1.29, 1.82) is 0 Å². The molecule has 1 aliphatic heterocycles. The Bertz CT molecular complexity index is 323. The largest absolute Gasteiger partial charge is 0.375 e. The summed E-state index contributed by atoms with van der Waals surface area (Å²) >= 11 is 0. The predicted molar refractivity (Wildman–Crippen MR) is 92.0 cm³/mol. The number of nitrogens with zero attached hydrogens (tertiary/aromatic N) is 1. The molecule has 0 aliphatic carbocycles. The van der Waals surface area contributed by atoms with Crippen molar-refractivity contribution in [2.75, 3.05) is 13.1 Å². The molecule has 0 saturated carbocycles. The van der Waals surface area contributed by atoms with Crippen LogP contribution in [-0.2, 0) is 0 Å². The van der Waals surface area contributed by atoms with Gasteiger partial charge in [-0.15, -0.1) is 0 Å². The van der Waals surface area contributed by atoms with E-state index in [-0.39, 0.29) is 0 Å². The molecule has 114 valence electrons. The second-order valence-electron chi connectivity index (χ2n) is 5.33. The molecule has 1 heterocycles. The maximum atomic E-state index is 4.02. The van der Waals surface area contributed by atoms with Crippen molar-refractivity contribution >= 4 is 0 Å². The summed E-state index contributed by atoms with van der Waals surface area (Å²) in [5.41, 5.74) is 2.64. The SMILES string of the molecule is C=C(CC)N1CCCCC1.CCC.Cc1ccccc1. The van der Waals surface area contributed by atoms with E-state index in [2.05, 4.69) is 51.3 Å². The minimum Gasteiger partial charge on any atom is -0.375 e. The molecule has 0 unspecified atom stereocenters. The molecule has 0 atom stereocenters. The summed E-state index contributed by atoms with van der Waals surface area (Å²) in [5, 5.41) is 0. The lowest BCUT2D eigenvalue weighted by atomic mass is 10.1. The summed E-state index contributed by atoms with van der Waals surface area (Å²) in [6.07, 6.45) is 6.49. The second kappa shape index (κ2) is 12.8. The molecule has 1 aromatic carbocycles. The summed E-state index contributed by atoms with van der Waals surface area (Å²) in [6.45, 7) is 15.0. The standard InChI is InChI=1S/C9H17N.C7H8.C3H8/c1-3-9(2)10-7-5-4-6-8-10;1-7-5-3-2-4-6-7;1-3-2/h2-8H2,1H3;2-6H,1H3;3H2,1-2H3. The molecule has 0 radical (unpaired) electrons. The number of hydrogen-bond donors (Lipinski definition) is 0. The van der Waals surface area contributed by atoms with Crippen molar-refractivity contribution in [1.82, 2.24) is 4.90 Å². The first-order valence-corrected chi connectivity index (χ1v) is 8.10. The van der Waals surface area contributed by atoms with Gasteiger partial charge in [-0.05, 0) is 32.6 Å². The summed E-state index contributed by atoms with van der Waals surface area (Å²) < 4.78 is 0. The molecule has 0 aromatic heterocycles. The maximum Gasteiger partial charge on any atom is 0.0174 e. The van der Waals surface area contributed by atoms with Gasteiger partial charge in [0, 0.05) is 18.8 Å². The third-order valence-corrected chi connectivity index (χ3v) is 3.15. The van der Waals surface area contributed by atoms with Gasteiger partial charge in [-0.25, -0.2) is 0 Å². The predicted octanol–water partition coefficient (Wildman–Crippen LogP) is 5.81. The van der Waals surface area contributed by atoms with Gasteiger partial charge in [0.1, 0.15) is 0 Å². The van der Waals surface area contributed by atoms with Gasteiger partial charge in [-0.1, -0.05) is 69.7 Å². The topological polar surface area (TPSA) is 3.24 Å². The molecule has 1 nitrogen and oxygen atoms in total. The lowest BCUT2D eigenvalue weighted by Gasteiger charge is -2.29. The number of likely N-dealkylation sites (tertiary alicyclic amines) is 1. The summed E-state index contributed by atoms with van der Waals surface area (Å²) in [6, 6.07) is 10.3. The normalized spacial score (nSPS) is 13.5. The van der Waals surface area contributed by atoms with E-state index in [0.29, 0.717) is 0 Å². The number of allylic oxidation sites excluding steroid dienone is 1. The molecule has 1 fully saturated rings. The lowest BCUT2D eigenvalue weighted by molar-refractivity contribution is 0.280. The van der Waals surface area contributed by atoms with Crippen molar-refractivity contribution < 1.29 is 0 Å². The third-order valence-electron chi connectivity index (χ3n) is 3.15. The molecular formula is C19H33N. The zero-order valence-corrected chi connectivity index (χ0v) is 14.0. The smallest absolute Gasteiger partial charge is 0.0174 e. The third kappa shape index (κ3) is 9.66. The highest BCUT2D eigenvalue weighted by Crippen LogP contribution is 2.14. The average molecular weight is 275 g/mol. The van der Waals surface area contributed by atoms with Crippen LogP contribution in [0.15, 0.2) is 42.6 Å². The molecular weight excluding hydrogens is 242 g/mol. The van der Waals surface area contributed by atoms with Crippen LogP contribution in [0.5, 0.6) is 0 Å². The Balaban J connectivity index is 0.000000315. The van der Waals surface area contributed by atoms with Crippen LogP contribution in [0.2, 0.25) is 0 Å². The first-order valence-electron chi connectivity index (χ1n) is 8.10. The van der Waals surface area contributed by atoms with Gasteiger partial charge in [-0.2, -0.15) is 0 Å². The fourth-order valence-corrected chi connectivity index (χ4v) is 1.97. The Labute approximate surface area is 126 Å². The van der Waals surface area contributed by atoms with E-state index in [1.165, 1.54) is 50.0 Å². The van der Waals surface area contributed by atoms with Gasteiger partial charge in [0.2, 0.25) is 0 Å². The molecule has 0 bridgehead atoms. The second-order valence-corrected chi connectivity index (χ2v) is 5.33. The van der Waals surface area contributed by atoms with Crippen molar-refractivity contribution in [2.24, 2.45) is 0 Å². The fraction of sp³-hybridized carbons (Fsp3) is 0.579. The molecule has 0 spiro atoms. The van der Waals surface area contributed by atoms with E-state index in [1.807, 2.05) is 18.2 Å². The number of hydrogen-bond acceptors (Lipinski definition) is 1. The van der Waals surface area contributed by atoms with Crippen molar-refractivity contribution in [3.63, 3.8) is 0 Å².